The molecule has 2 aromatic heterocycles. The highest BCUT2D eigenvalue weighted by molar-refractivity contribution is 9.11. The lowest BCUT2D eigenvalue weighted by Crippen LogP contribution is -2.12. The van der Waals surface area contributed by atoms with Crippen molar-refractivity contribution in [3.05, 3.63) is 39.0 Å². The van der Waals surface area contributed by atoms with Crippen molar-refractivity contribution in [3.63, 3.8) is 0 Å². The molecule has 0 saturated heterocycles. The number of thiazole rings is 1. The van der Waals surface area contributed by atoms with Crippen LogP contribution in [0.15, 0.2) is 28.4 Å². The number of nitrogens with one attached hydrogen (secondary N) is 1. The second kappa shape index (κ2) is 4.90. The highest BCUT2D eigenvalue weighted by Crippen LogP contribution is 2.24. The molecule has 1 N–H and O–H groups in total. The second-order valence-corrected chi connectivity index (χ2v) is 5.60. The van der Waals surface area contributed by atoms with Crippen LogP contribution in [-0.2, 0) is 0 Å². The summed E-state index contributed by atoms with van der Waals surface area (Å²) in [7, 11) is 0. The normalized spacial score (nSPS) is 10.1. The van der Waals surface area contributed by atoms with Gasteiger partial charge in [0.1, 0.15) is 0 Å². The van der Waals surface area contributed by atoms with Gasteiger partial charge in [0.15, 0.2) is 5.13 Å². The van der Waals surface area contributed by atoms with Gasteiger partial charge in [0.2, 0.25) is 0 Å². The number of hydrogen-bond acceptors (Lipinski definition) is 4. The van der Waals surface area contributed by atoms with Crippen LogP contribution in [0, 0.1) is 0 Å². The maximum absolute atomic E-state index is 11.8. The molecule has 2 rings (SSSR count). The fourth-order valence-electron chi connectivity index (χ4n) is 1.02. The molecule has 0 radical (unpaired) electrons. The molecule has 0 bridgehead atoms. The molecule has 0 aliphatic heterocycles. The van der Waals surface area contributed by atoms with Crippen molar-refractivity contribution in [3.8, 4) is 0 Å². The first kappa shape index (κ1) is 11.5. The first-order chi connectivity index (χ1) is 7.66. The number of pyridine rings is 1. The molecule has 2 heterocycles. The molecule has 0 fully saturated rings. The van der Waals surface area contributed by atoms with Crippen LogP contribution in [0.1, 0.15) is 10.4 Å². The molecule has 4 nitrogen and oxygen atoms in total. The Hall–Kier alpha value is -0.980. The summed E-state index contributed by atoms with van der Waals surface area (Å²) in [5.41, 5.74) is 0.329. The number of aromatic nitrogens is 2. The van der Waals surface area contributed by atoms with Crippen LogP contribution in [0.4, 0.5) is 5.13 Å². The smallest absolute Gasteiger partial charge is 0.260 e. The SMILES string of the molecule is O=C(Nc1ncc(Br)s1)c1cnccc1Cl. The molecule has 1 amide bonds. The van der Waals surface area contributed by atoms with Crippen molar-refractivity contribution < 1.29 is 4.79 Å². The predicted octanol–water partition coefficient (Wildman–Crippen LogP) is 3.21. The van der Waals surface area contributed by atoms with Crippen LogP contribution < -0.4 is 5.32 Å². The Morgan fingerprint density at radius 3 is 2.94 bits per heavy atom. The number of carbonyl (C=O) groups is 1. The third-order valence-corrected chi connectivity index (χ3v) is 3.43. The van der Waals surface area contributed by atoms with Crippen LogP contribution in [0.25, 0.3) is 0 Å². The Balaban J connectivity index is 2.18. The van der Waals surface area contributed by atoms with E-state index in [1.807, 2.05) is 0 Å². The highest BCUT2D eigenvalue weighted by atomic mass is 79.9. The summed E-state index contributed by atoms with van der Waals surface area (Å²) in [6, 6.07) is 1.56. The van der Waals surface area contributed by atoms with Crippen molar-refractivity contribution in [2.24, 2.45) is 0 Å². The van der Waals surface area contributed by atoms with Crippen molar-refractivity contribution in [1.29, 1.82) is 0 Å². The van der Waals surface area contributed by atoms with Crippen molar-refractivity contribution in [1.82, 2.24) is 9.97 Å². The number of nitrogens with zero attached hydrogens (tertiary/aromatic N) is 2. The van der Waals surface area contributed by atoms with E-state index in [1.165, 1.54) is 23.7 Å². The molecule has 82 valence electrons. The zero-order chi connectivity index (χ0) is 11.5. The maximum atomic E-state index is 11.8. The van der Waals surface area contributed by atoms with E-state index in [1.54, 1.807) is 12.3 Å². The standard InChI is InChI=1S/C9H5BrClN3OS/c10-7-4-13-9(16-7)14-8(15)5-3-12-2-1-6(5)11/h1-4H,(H,13,14,15). The largest absolute Gasteiger partial charge is 0.298 e. The average molecular weight is 319 g/mol. The van der Waals surface area contributed by atoms with Crippen LogP contribution in [0.5, 0.6) is 0 Å². The first-order valence-electron chi connectivity index (χ1n) is 4.19. The molecule has 0 unspecified atom stereocenters. The number of amides is 1. The minimum atomic E-state index is -0.319. The van der Waals surface area contributed by atoms with Gasteiger partial charge in [-0.1, -0.05) is 22.9 Å². The topological polar surface area (TPSA) is 54.9 Å². The van der Waals surface area contributed by atoms with Crippen molar-refractivity contribution >= 4 is 49.9 Å². The average Bonchev–Trinajstić information content (AvgIpc) is 2.64. The van der Waals surface area contributed by atoms with Crippen molar-refractivity contribution in [2.75, 3.05) is 5.32 Å². The van der Waals surface area contributed by atoms with Gasteiger partial charge in [0, 0.05) is 12.4 Å². The van der Waals surface area contributed by atoms with Gasteiger partial charge in [-0.05, 0) is 22.0 Å². The molecule has 0 spiro atoms. The third-order valence-electron chi connectivity index (χ3n) is 1.71. The van der Waals surface area contributed by atoms with Gasteiger partial charge in [0.05, 0.1) is 20.6 Å². The third kappa shape index (κ3) is 2.58. The van der Waals surface area contributed by atoms with Gasteiger partial charge in [-0.3, -0.25) is 15.1 Å². The van der Waals surface area contributed by atoms with Gasteiger partial charge < -0.3 is 0 Å². The monoisotopic (exact) mass is 317 g/mol. The van der Waals surface area contributed by atoms with E-state index in [4.69, 9.17) is 11.6 Å². The summed E-state index contributed by atoms with van der Waals surface area (Å²) >= 11 is 10.4. The first-order valence-corrected chi connectivity index (χ1v) is 6.18. The lowest BCUT2D eigenvalue weighted by atomic mass is 10.3. The quantitative estimate of drug-likeness (QED) is 0.925. The van der Waals surface area contributed by atoms with Gasteiger partial charge in [-0.15, -0.1) is 0 Å². The zero-order valence-corrected chi connectivity index (χ0v) is 10.9. The number of carbonyl (C=O) groups excluding carboxylic acids is 1. The highest BCUT2D eigenvalue weighted by Gasteiger charge is 2.11. The van der Waals surface area contributed by atoms with E-state index >= 15 is 0 Å². The zero-order valence-electron chi connectivity index (χ0n) is 7.78. The second-order valence-electron chi connectivity index (χ2n) is 2.78. The van der Waals surface area contributed by atoms with E-state index in [9.17, 15) is 4.79 Å². The molecule has 0 aliphatic rings. The Labute approximate surface area is 109 Å². The molecule has 0 aromatic carbocycles. The van der Waals surface area contributed by atoms with E-state index in [2.05, 4.69) is 31.2 Å². The van der Waals surface area contributed by atoms with Crippen LogP contribution in [0.3, 0.4) is 0 Å². The molecular formula is C9H5BrClN3OS. The Kier molecular flexibility index (Phi) is 3.52. The van der Waals surface area contributed by atoms with Gasteiger partial charge in [-0.2, -0.15) is 0 Å². The molecular weight excluding hydrogens is 314 g/mol. The minimum Gasteiger partial charge on any atom is -0.298 e. The molecule has 0 aliphatic carbocycles. The lowest BCUT2D eigenvalue weighted by molar-refractivity contribution is 0.102. The molecule has 2 aromatic rings. The summed E-state index contributed by atoms with van der Waals surface area (Å²) in [6.45, 7) is 0. The fraction of sp³-hybridized carbons (Fsp3) is 0. The minimum absolute atomic E-state index is 0.319. The summed E-state index contributed by atoms with van der Waals surface area (Å²) < 4.78 is 0.847. The molecule has 7 heteroatoms. The lowest BCUT2D eigenvalue weighted by Gasteiger charge is -2.02. The van der Waals surface area contributed by atoms with E-state index in [-0.39, 0.29) is 5.91 Å². The predicted molar refractivity (Wildman–Crippen MR) is 67.0 cm³/mol. The van der Waals surface area contributed by atoms with Crippen LogP contribution in [0.2, 0.25) is 5.02 Å². The number of halogens is 2. The fourth-order valence-corrected chi connectivity index (χ4v) is 2.31. The summed E-state index contributed by atoms with van der Waals surface area (Å²) in [6.07, 6.45) is 4.56. The van der Waals surface area contributed by atoms with Gasteiger partial charge in [-0.25, -0.2) is 4.98 Å². The Bertz CT molecular complexity index is 531. The van der Waals surface area contributed by atoms with Gasteiger partial charge >= 0.3 is 0 Å². The summed E-state index contributed by atoms with van der Waals surface area (Å²) in [4.78, 5) is 19.6. The molecule has 0 atom stereocenters. The number of rotatable bonds is 2. The van der Waals surface area contributed by atoms with E-state index in [0.29, 0.717) is 15.7 Å². The van der Waals surface area contributed by atoms with Crippen LogP contribution >= 0.6 is 38.9 Å². The molecule has 0 saturated carbocycles. The summed E-state index contributed by atoms with van der Waals surface area (Å²) in [5.74, 6) is -0.319. The number of hydrogen-bond donors (Lipinski definition) is 1. The van der Waals surface area contributed by atoms with Crippen molar-refractivity contribution in [2.45, 2.75) is 0 Å². The Morgan fingerprint density at radius 2 is 2.31 bits per heavy atom. The van der Waals surface area contributed by atoms with E-state index < -0.39 is 0 Å². The number of anilines is 1. The summed E-state index contributed by atoms with van der Waals surface area (Å²) in [5, 5.41) is 3.51. The van der Waals surface area contributed by atoms with E-state index in [0.717, 1.165) is 3.79 Å². The molecule has 16 heavy (non-hydrogen) atoms. The Morgan fingerprint density at radius 1 is 1.50 bits per heavy atom. The van der Waals surface area contributed by atoms with Gasteiger partial charge in [0.25, 0.3) is 5.91 Å². The van der Waals surface area contributed by atoms with Crippen LogP contribution in [-0.4, -0.2) is 15.9 Å². The maximum Gasteiger partial charge on any atom is 0.260 e.